The third kappa shape index (κ3) is 5.54. The molecule has 1 aromatic rings. The average Bonchev–Trinajstić information content (AvgIpc) is 2.61. The van der Waals surface area contributed by atoms with Crippen LogP contribution in [0.15, 0.2) is 47.3 Å². The maximum absolute atomic E-state index is 13.1. The van der Waals surface area contributed by atoms with E-state index >= 15 is 0 Å². The Labute approximate surface area is 162 Å². The summed E-state index contributed by atoms with van der Waals surface area (Å²) in [6.45, 7) is 5.60. The number of rotatable bonds is 5. The average molecular weight is 371 g/mol. The molecule has 0 amide bonds. The first-order valence-corrected chi connectivity index (χ1v) is 9.47. The lowest BCUT2D eigenvalue weighted by Gasteiger charge is -2.25. The number of allylic oxidation sites excluding steroid dienone is 4. The third-order valence-corrected chi connectivity index (χ3v) is 4.92. The van der Waals surface area contributed by atoms with E-state index in [-0.39, 0.29) is 23.9 Å². The quantitative estimate of drug-likeness (QED) is 0.617. The van der Waals surface area contributed by atoms with E-state index in [1.807, 2.05) is 19.9 Å². The first kappa shape index (κ1) is 20.9. The molecule has 5 heteroatoms. The maximum Gasteiger partial charge on any atom is 0.172 e. The van der Waals surface area contributed by atoms with Gasteiger partial charge in [0.1, 0.15) is 0 Å². The van der Waals surface area contributed by atoms with Gasteiger partial charge in [-0.25, -0.2) is 0 Å². The Hall–Kier alpha value is -2.40. The van der Waals surface area contributed by atoms with Gasteiger partial charge in [-0.05, 0) is 25.5 Å². The molecule has 1 atom stereocenters. The minimum atomic E-state index is -0.371. The van der Waals surface area contributed by atoms with Crippen molar-refractivity contribution < 1.29 is 14.1 Å². The van der Waals surface area contributed by atoms with Gasteiger partial charge in [0.05, 0.1) is 40.0 Å². The highest BCUT2D eigenvalue weighted by molar-refractivity contribution is 6.10. The van der Waals surface area contributed by atoms with Crippen LogP contribution >= 0.6 is 0 Å². The topological polar surface area (TPSA) is 72.2 Å². The van der Waals surface area contributed by atoms with E-state index in [2.05, 4.69) is 26.5 Å². The van der Waals surface area contributed by atoms with Crippen LogP contribution in [0.25, 0.3) is 0 Å². The van der Waals surface area contributed by atoms with Crippen LogP contribution < -0.4 is 11.1 Å². The van der Waals surface area contributed by atoms with Gasteiger partial charge < -0.3 is 15.5 Å². The second kappa shape index (κ2) is 8.53. The van der Waals surface area contributed by atoms with Crippen molar-refractivity contribution in [3.05, 3.63) is 58.4 Å². The smallest absolute Gasteiger partial charge is 0.172 e. The fraction of sp³-hybridized carbons (Fsp3) is 0.455. The number of ketones is 2. The summed E-state index contributed by atoms with van der Waals surface area (Å²) in [5, 5.41) is 3.44. The van der Waals surface area contributed by atoms with Crippen molar-refractivity contribution in [2.24, 2.45) is 11.7 Å². The van der Waals surface area contributed by atoms with E-state index in [1.165, 1.54) is 0 Å². The van der Waals surface area contributed by atoms with Crippen LogP contribution in [0.3, 0.4) is 0 Å². The predicted octanol–water partition coefficient (Wildman–Crippen LogP) is 2.89. The first-order chi connectivity index (χ1) is 12.6. The molecular weight excluding hydrogens is 338 g/mol. The number of nitrogens with zero attached hydrogens (tertiary/aromatic N) is 1. The van der Waals surface area contributed by atoms with Crippen LogP contribution in [0.2, 0.25) is 0 Å². The third-order valence-electron chi connectivity index (χ3n) is 4.92. The highest BCUT2D eigenvalue weighted by Crippen LogP contribution is 2.24. The normalized spacial score (nSPS) is 23.4. The van der Waals surface area contributed by atoms with E-state index in [4.69, 9.17) is 5.73 Å². The number of benzene rings is 1. The van der Waals surface area contributed by atoms with Crippen molar-refractivity contribution in [1.29, 1.82) is 0 Å². The largest absolute Gasteiger partial charge is 0.401 e. The van der Waals surface area contributed by atoms with Crippen molar-refractivity contribution in [3.63, 3.8) is 0 Å². The summed E-state index contributed by atoms with van der Waals surface area (Å²) in [6.07, 6.45) is 3.04. The molecule has 0 bridgehead atoms. The van der Waals surface area contributed by atoms with E-state index in [0.29, 0.717) is 16.8 Å². The summed E-state index contributed by atoms with van der Waals surface area (Å²) in [7, 11) is 6.49. The second-order valence-electron chi connectivity index (χ2n) is 8.33. The molecule has 0 aliphatic heterocycles. The molecule has 1 unspecified atom stereocenters. The summed E-state index contributed by atoms with van der Waals surface area (Å²) >= 11 is 0. The molecule has 146 valence electrons. The van der Waals surface area contributed by atoms with Gasteiger partial charge in [-0.2, -0.15) is 0 Å². The molecule has 0 spiro atoms. The Balaban J connectivity index is 2.34. The lowest BCUT2D eigenvalue weighted by Crippen LogP contribution is -2.37. The number of nitrogens with one attached hydrogen (secondary N) is 1. The summed E-state index contributed by atoms with van der Waals surface area (Å²) in [5.41, 5.74) is 9.32. The van der Waals surface area contributed by atoms with Crippen LogP contribution in [0.4, 0.5) is 0 Å². The summed E-state index contributed by atoms with van der Waals surface area (Å²) in [5.74, 6) is -0.530. The zero-order valence-electron chi connectivity index (χ0n) is 17.1. The molecule has 0 radical (unpaired) electrons. The van der Waals surface area contributed by atoms with Gasteiger partial charge in [0.15, 0.2) is 11.6 Å². The van der Waals surface area contributed by atoms with E-state index < -0.39 is 0 Å². The van der Waals surface area contributed by atoms with Gasteiger partial charge in [-0.3, -0.25) is 9.59 Å². The minimum absolute atomic E-state index is 0.0439. The lowest BCUT2D eigenvalue weighted by atomic mass is 9.88. The van der Waals surface area contributed by atoms with E-state index in [9.17, 15) is 9.59 Å². The monoisotopic (exact) mass is 370 g/mol. The molecule has 2 rings (SSSR count). The highest BCUT2D eigenvalue weighted by Gasteiger charge is 2.25. The number of Topliss-reactive ketones (excluding diaryl/α,β-unsaturated/α-hetero) is 2. The number of hydrogen-bond donors (Lipinski definition) is 2. The van der Waals surface area contributed by atoms with Crippen LogP contribution in [0, 0.1) is 5.92 Å². The SMILES string of the molecule is CC1=C(\N)CC(=O)c2ccccc2C(=O)C(C)/C(NCCC[N+](C)(C)C)=C\1. The molecule has 27 heavy (non-hydrogen) atoms. The minimum Gasteiger partial charge on any atom is -0.401 e. The van der Waals surface area contributed by atoms with Crippen LogP contribution in [0.1, 0.15) is 47.4 Å². The van der Waals surface area contributed by atoms with Gasteiger partial charge >= 0.3 is 0 Å². The van der Waals surface area contributed by atoms with Crippen molar-refractivity contribution in [1.82, 2.24) is 5.32 Å². The summed E-state index contributed by atoms with van der Waals surface area (Å²) in [6, 6.07) is 7.03. The molecule has 0 aromatic heterocycles. The number of quaternary nitrogens is 1. The van der Waals surface area contributed by atoms with Crippen LogP contribution in [0.5, 0.6) is 0 Å². The number of fused-ring (bicyclic) bond motifs is 1. The molecule has 1 aromatic carbocycles. The van der Waals surface area contributed by atoms with E-state index in [0.717, 1.165) is 35.3 Å². The van der Waals surface area contributed by atoms with Gasteiger partial charge in [0, 0.05) is 35.5 Å². The van der Waals surface area contributed by atoms with Crippen LogP contribution in [-0.2, 0) is 0 Å². The summed E-state index contributed by atoms with van der Waals surface area (Å²) < 4.78 is 0.899. The fourth-order valence-corrected chi connectivity index (χ4v) is 3.16. The number of carbonyl (C=O) groups is 2. The number of hydrogen-bond acceptors (Lipinski definition) is 4. The highest BCUT2D eigenvalue weighted by atomic mass is 16.1. The first-order valence-electron chi connectivity index (χ1n) is 9.47. The molecule has 0 saturated heterocycles. The number of carbonyl (C=O) groups excluding carboxylic acids is 2. The number of nitrogens with two attached hydrogens (primary N) is 1. The van der Waals surface area contributed by atoms with Gasteiger partial charge in [0.25, 0.3) is 0 Å². The summed E-state index contributed by atoms with van der Waals surface area (Å²) in [4.78, 5) is 25.7. The molecule has 1 aliphatic carbocycles. The van der Waals surface area contributed by atoms with Gasteiger partial charge in [-0.15, -0.1) is 0 Å². The van der Waals surface area contributed by atoms with Gasteiger partial charge in [0.2, 0.25) is 0 Å². The molecular formula is C22H32N3O2+. The Morgan fingerprint density at radius 1 is 1.15 bits per heavy atom. The zero-order valence-corrected chi connectivity index (χ0v) is 17.1. The molecule has 1 aliphatic rings. The Kier molecular flexibility index (Phi) is 6.60. The molecule has 0 heterocycles. The Morgan fingerprint density at radius 2 is 1.78 bits per heavy atom. The van der Waals surface area contributed by atoms with Gasteiger partial charge in [-0.1, -0.05) is 24.3 Å². The molecule has 0 fully saturated rings. The van der Waals surface area contributed by atoms with Crippen LogP contribution in [-0.4, -0.2) is 50.3 Å². The Bertz CT molecular complexity index is 785. The van der Waals surface area contributed by atoms with Crippen molar-refractivity contribution in [2.45, 2.75) is 26.7 Å². The Morgan fingerprint density at radius 3 is 2.41 bits per heavy atom. The molecule has 5 nitrogen and oxygen atoms in total. The fourth-order valence-electron chi connectivity index (χ4n) is 3.16. The van der Waals surface area contributed by atoms with Crippen molar-refractivity contribution >= 4 is 11.6 Å². The predicted molar refractivity (Wildman–Crippen MR) is 109 cm³/mol. The lowest BCUT2D eigenvalue weighted by molar-refractivity contribution is -0.870. The maximum atomic E-state index is 13.1. The van der Waals surface area contributed by atoms with Crippen molar-refractivity contribution in [3.8, 4) is 0 Å². The standard InChI is InChI=1S/C22H32N3O2/c1-15-13-20(24-11-8-12-25(3,4)5)16(2)22(27)18-10-7-6-9-17(18)21(26)14-19(15)23/h6-7,9-10,13,16,24H,8,11-12,14,23H2,1-5H3/q+1/b19-15+,20-13+. The van der Waals surface area contributed by atoms with Crippen molar-refractivity contribution in [2.75, 3.05) is 34.2 Å². The zero-order chi connectivity index (χ0) is 20.2. The van der Waals surface area contributed by atoms with E-state index in [1.54, 1.807) is 24.3 Å². The molecule has 3 N–H and O–H groups in total. The molecule has 0 saturated carbocycles. The second-order valence-corrected chi connectivity index (χ2v) is 8.33.